The molecule has 1 aromatic carbocycles. The number of rotatable bonds is 5. The van der Waals surface area contributed by atoms with Crippen molar-refractivity contribution in [2.45, 2.75) is 23.7 Å². The van der Waals surface area contributed by atoms with Gasteiger partial charge in [0.2, 0.25) is 0 Å². The SMILES string of the molecule is COc1cccc(SCc2ccco2)c1C(C)O. The maximum absolute atomic E-state index is 9.86. The van der Waals surface area contributed by atoms with Gasteiger partial charge < -0.3 is 14.3 Å². The van der Waals surface area contributed by atoms with Gasteiger partial charge in [0.15, 0.2) is 0 Å². The van der Waals surface area contributed by atoms with E-state index in [0.29, 0.717) is 0 Å². The summed E-state index contributed by atoms with van der Waals surface area (Å²) in [4.78, 5) is 1.01. The highest BCUT2D eigenvalue weighted by Gasteiger charge is 2.14. The third-order valence-corrected chi connectivity index (χ3v) is 3.71. The van der Waals surface area contributed by atoms with Crippen LogP contribution in [0.4, 0.5) is 0 Å². The molecule has 2 rings (SSSR count). The average molecular weight is 264 g/mol. The first-order chi connectivity index (χ1) is 8.72. The van der Waals surface area contributed by atoms with Gasteiger partial charge in [-0.2, -0.15) is 0 Å². The number of hydrogen-bond acceptors (Lipinski definition) is 4. The lowest BCUT2D eigenvalue weighted by atomic mass is 10.1. The normalized spacial score (nSPS) is 12.4. The van der Waals surface area contributed by atoms with Gasteiger partial charge in [0.05, 0.1) is 25.2 Å². The molecule has 4 heteroatoms. The molecule has 1 N–H and O–H groups in total. The van der Waals surface area contributed by atoms with E-state index in [0.717, 1.165) is 27.7 Å². The van der Waals surface area contributed by atoms with Crippen LogP contribution >= 0.6 is 11.8 Å². The topological polar surface area (TPSA) is 42.6 Å². The number of ether oxygens (including phenoxy) is 1. The molecule has 0 aliphatic rings. The monoisotopic (exact) mass is 264 g/mol. The lowest BCUT2D eigenvalue weighted by Crippen LogP contribution is -1.99. The highest BCUT2D eigenvalue weighted by atomic mass is 32.2. The molecule has 1 heterocycles. The Hall–Kier alpha value is -1.39. The Morgan fingerprint density at radius 2 is 2.17 bits per heavy atom. The third-order valence-electron chi connectivity index (χ3n) is 2.61. The summed E-state index contributed by atoms with van der Waals surface area (Å²) in [6.07, 6.45) is 1.11. The van der Waals surface area contributed by atoms with Crippen LogP contribution in [0.15, 0.2) is 45.9 Å². The van der Waals surface area contributed by atoms with E-state index in [2.05, 4.69) is 0 Å². The molecule has 0 aliphatic carbocycles. The molecule has 18 heavy (non-hydrogen) atoms. The Balaban J connectivity index is 2.21. The standard InChI is InChI=1S/C14H16O3S/c1-10(15)14-12(16-2)6-3-7-13(14)18-9-11-5-4-8-17-11/h3-8,10,15H,9H2,1-2H3. The van der Waals surface area contributed by atoms with E-state index in [1.165, 1.54) is 0 Å². The number of hydrogen-bond donors (Lipinski definition) is 1. The van der Waals surface area contributed by atoms with Crippen molar-refractivity contribution in [3.63, 3.8) is 0 Å². The van der Waals surface area contributed by atoms with Gasteiger partial charge in [0.25, 0.3) is 0 Å². The number of aliphatic hydroxyl groups is 1. The van der Waals surface area contributed by atoms with Gasteiger partial charge in [-0.05, 0) is 31.2 Å². The summed E-state index contributed by atoms with van der Waals surface area (Å²) in [5, 5.41) is 9.86. The van der Waals surface area contributed by atoms with Crippen LogP contribution < -0.4 is 4.74 Å². The fraction of sp³-hybridized carbons (Fsp3) is 0.286. The molecular weight excluding hydrogens is 248 g/mol. The molecule has 0 fully saturated rings. The van der Waals surface area contributed by atoms with Crippen LogP contribution in [0, 0.1) is 0 Å². The number of furan rings is 1. The van der Waals surface area contributed by atoms with Crippen molar-refractivity contribution in [3.05, 3.63) is 47.9 Å². The first kappa shape index (κ1) is 13.1. The summed E-state index contributed by atoms with van der Waals surface area (Å²) < 4.78 is 10.6. The Morgan fingerprint density at radius 3 is 2.78 bits per heavy atom. The number of methoxy groups -OCH3 is 1. The largest absolute Gasteiger partial charge is 0.496 e. The van der Waals surface area contributed by atoms with Crippen molar-refractivity contribution in [3.8, 4) is 5.75 Å². The lowest BCUT2D eigenvalue weighted by molar-refractivity contribution is 0.191. The minimum Gasteiger partial charge on any atom is -0.496 e. The summed E-state index contributed by atoms with van der Waals surface area (Å²) in [6.45, 7) is 1.74. The molecule has 0 saturated heterocycles. The number of thioether (sulfide) groups is 1. The zero-order valence-electron chi connectivity index (χ0n) is 10.4. The summed E-state index contributed by atoms with van der Waals surface area (Å²) >= 11 is 1.63. The molecule has 0 spiro atoms. The van der Waals surface area contributed by atoms with E-state index in [4.69, 9.17) is 9.15 Å². The second-order valence-electron chi connectivity index (χ2n) is 3.92. The minimum absolute atomic E-state index is 0.555. The molecule has 0 bridgehead atoms. The first-order valence-corrected chi connectivity index (χ1v) is 6.71. The van der Waals surface area contributed by atoms with Crippen molar-refractivity contribution in [2.24, 2.45) is 0 Å². The Bertz CT molecular complexity index is 492. The van der Waals surface area contributed by atoms with E-state index >= 15 is 0 Å². The molecule has 0 amide bonds. The molecule has 1 unspecified atom stereocenters. The molecule has 96 valence electrons. The quantitative estimate of drug-likeness (QED) is 0.837. The highest BCUT2D eigenvalue weighted by molar-refractivity contribution is 7.98. The van der Waals surface area contributed by atoms with Gasteiger partial charge in [-0.3, -0.25) is 0 Å². The number of aliphatic hydroxyl groups excluding tert-OH is 1. The maximum Gasteiger partial charge on any atom is 0.125 e. The van der Waals surface area contributed by atoms with Crippen molar-refractivity contribution >= 4 is 11.8 Å². The van der Waals surface area contributed by atoms with E-state index in [-0.39, 0.29) is 0 Å². The summed E-state index contributed by atoms with van der Waals surface area (Å²) in [5.41, 5.74) is 0.830. The van der Waals surface area contributed by atoms with Crippen LogP contribution in [0.2, 0.25) is 0 Å². The van der Waals surface area contributed by atoms with Crippen molar-refractivity contribution in [2.75, 3.05) is 7.11 Å². The molecule has 0 aliphatic heterocycles. The fourth-order valence-electron chi connectivity index (χ4n) is 1.78. The Morgan fingerprint density at radius 1 is 1.33 bits per heavy atom. The van der Waals surface area contributed by atoms with Crippen molar-refractivity contribution < 1.29 is 14.3 Å². The zero-order chi connectivity index (χ0) is 13.0. The zero-order valence-corrected chi connectivity index (χ0v) is 11.2. The molecule has 2 aromatic rings. The van der Waals surface area contributed by atoms with Crippen molar-refractivity contribution in [1.82, 2.24) is 0 Å². The van der Waals surface area contributed by atoms with Crippen LogP contribution in [-0.4, -0.2) is 12.2 Å². The average Bonchev–Trinajstić information content (AvgIpc) is 2.88. The van der Waals surface area contributed by atoms with Gasteiger partial charge in [0.1, 0.15) is 11.5 Å². The van der Waals surface area contributed by atoms with Crippen LogP contribution in [0.25, 0.3) is 0 Å². The second-order valence-corrected chi connectivity index (χ2v) is 4.93. The molecule has 3 nitrogen and oxygen atoms in total. The van der Waals surface area contributed by atoms with Gasteiger partial charge in [0, 0.05) is 10.5 Å². The van der Waals surface area contributed by atoms with Crippen LogP contribution in [0.3, 0.4) is 0 Å². The maximum atomic E-state index is 9.86. The van der Waals surface area contributed by atoms with Gasteiger partial charge >= 0.3 is 0 Å². The molecule has 0 saturated carbocycles. The first-order valence-electron chi connectivity index (χ1n) is 5.72. The second kappa shape index (κ2) is 5.98. The summed E-state index contributed by atoms with van der Waals surface area (Å²) in [5.74, 6) is 2.37. The van der Waals surface area contributed by atoms with Gasteiger partial charge in [-0.1, -0.05) is 6.07 Å². The molecule has 1 aromatic heterocycles. The Kier molecular flexibility index (Phi) is 4.33. The third kappa shape index (κ3) is 2.89. The van der Waals surface area contributed by atoms with Gasteiger partial charge in [-0.15, -0.1) is 11.8 Å². The smallest absolute Gasteiger partial charge is 0.125 e. The lowest BCUT2D eigenvalue weighted by Gasteiger charge is -2.15. The number of benzene rings is 1. The van der Waals surface area contributed by atoms with E-state index in [9.17, 15) is 5.11 Å². The predicted octanol–water partition coefficient (Wildman–Crippen LogP) is 3.63. The van der Waals surface area contributed by atoms with Crippen LogP contribution in [0.1, 0.15) is 24.4 Å². The minimum atomic E-state index is -0.555. The van der Waals surface area contributed by atoms with Crippen LogP contribution in [0.5, 0.6) is 5.75 Å². The summed E-state index contributed by atoms with van der Waals surface area (Å²) in [6, 6.07) is 9.58. The highest BCUT2D eigenvalue weighted by Crippen LogP contribution is 2.36. The van der Waals surface area contributed by atoms with E-state index < -0.39 is 6.10 Å². The molecule has 0 radical (unpaired) electrons. The summed E-state index contributed by atoms with van der Waals surface area (Å²) in [7, 11) is 1.61. The molecular formula is C14H16O3S. The predicted molar refractivity (Wildman–Crippen MR) is 71.9 cm³/mol. The molecule has 1 atom stereocenters. The van der Waals surface area contributed by atoms with Gasteiger partial charge in [-0.25, -0.2) is 0 Å². The Labute approximate surface area is 111 Å². The van der Waals surface area contributed by atoms with Crippen LogP contribution in [-0.2, 0) is 5.75 Å². The fourth-order valence-corrected chi connectivity index (χ4v) is 2.85. The van der Waals surface area contributed by atoms with E-state index in [1.54, 1.807) is 32.1 Å². The van der Waals surface area contributed by atoms with E-state index in [1.807, 2.05) is 30.3 Å². The van der Waals surface area contributed by atoms with Crippen molar-refractivity contribution in [1.29, 1.82) is 0 Å².